The van der Waals surface area contributed by atoms with Gasteiger partial charge in [-0.1, -0.05) is 0 Å². The first-order valence-electron chi connectivity index (χ1n) is 8.46. The van der Waals surface area contributed by atoms with Crippen molar-refractivity contribution in [3.8, 4) is 0 Å². The minimum Gasteiger partial charge on any atom is -0.440 e. The van der Waals surface area contributed by atoms with E-state index in [9.17, 15) is 14.7 Å². The van der Waals surface area contributed by atoms with E-state index in [1.807, 2.05) is 0 Å². The van der Waals surface area contributed by atoms with Crippen molar-refractivity contribution in [2.24, 2.45) is 0 Å². The lowest BCUT2D eigenvalue weighted by Gasteiger charge is -2.53. The van der Waals surface area contributed by atoms with Gasteiger partial charge in [0.2, 0.25) is 11.7 Å². The first kappa shape index (κ1) is 20.7. The van der Waals surface area contributed by atoms with E-state index in [2.05, 4.69) is 0 Å². The zero-order valence-electron chi connectivity index (χ0n) is 15.8. The van der Waals surface area contributed by atoms with Crippen LogP contribution in [0.4, 0.5) is 4.79 Å². The number of carbonyl (C=O) groups excluding carboxylic acids is 2. The maximum atomic E-state index is 12.1. The van der Waals surface area contributed by atoms with E-state index >= 15 is 0 Å². The average molecular weight is 410 g/mol. The molecule has 3 heterocycles. The molecule has 10 nitrogen and oxygen atoms in total. The predicted octanol–water partition coefficient (Wildman–Crippen LogP) is 0.538. The van der Waals surface area contributed by atoms with Gasteiger partial charge in [-0.15, -0.1) is 0 Å². The van der Waals surface area contributed by atoms with Gasteiger partial charge in [0.1, 0.15) is 18.3 Å². The summed E-state index contributed by atoms with van der Waals surface area (Å²) < 4.78 is 34.0. The smallest absolute Gasteiger partial charge is 0.432 e. The summed E-state index contributed by atoms with van der Waals surface area (Å²) in [5.74, 6) is -3.32. The Morgan fingerprint density at radius 1 is 1.19 bits per heavy atom. The fourth-order valence-corrected chi connectivity index (χ4v) is 3.68. The van der Waals surface area contributed by atoms with E-state index in [4.69, 9.17) is 40.2 Å². The molecular formula is C16H24ClNO9. The van der Waals surface area contributed by atoms with Crippen LogP contribution in [-0.4, -0.2) is 83.4 Å². The van der Waals surface area contributed by atoms with Crippen LogP contribution in [0.15, 0.2) is 0 Å². The Balaban J connectivity index is 1.93. The molecule has 0 aromatic carbocycles. The van der Waals surface area contributed by atoms with Crippen LogP contribution in [0.5, 0.6) is 0 Å². The zero-order chi connectivity index (χ0) is 20.3. The summed E-state index contributed by atoms with van der Waals surface area (Å²) in [6.45, 7) is 6.12. The van der Waals surface area contributed by atoms with Gasteiger partial charge >= 0.3 is 6.09 Å². The van der Waals surface area contributed by atoms with Crippen LogP contribution in [0, 0.1) is 0 Å². The molecule has 11 heteroatoms. The van der Waals surface area contributed by atoms with Gasteiger partial charge in [0.15, 0.2) is 17.5 Å². The highest BCUT2D eigenvalue weighted by atomic mass is 35.5. The first-order chi connectivity index (χ1) is 12.4. The topological polar surface area (TPSA) is 116 Å². The molecule has 154 valence electrons. The first-order valence-corrected chi connectivity index (χ1v) is 8.79. The van der Waals surface area contributed by atoms with Gasteiger partial charge < -0.3 is 33.5 Å². The molecular weight excluding hydrogens is 386 g/mol. The molecule has 1 N–H and O–H groups in total. The summed E-state index contributed by atoms with van der Waals surface area (Å²) in [6.07, 6.45) is -3.28. The van der Waals surface area contributed by atoms with Crippen molar-refractivity contribution in [3.63, 3.8) is 0 Å². The lowest BCUT2D eigenvalue weighted by Crippen LogP contribution is -2.77. The number of imide groups is 1. The molecule has 27 heavy (non-hydrogen) atoms. The normalized spacial score (nSPS) is 42.8. The maximum absolute atomic E-state index is 12.1. The number of hydrogen-bond donors (Lipinski definition) is 1. The van der Waals surface area contributed by atoms with Crippen molar-refractivity contribution in [2.75, 3.05) is 26.9 Å². The van der Waals surface area contributed by atoms with Gasteiger partial charge in [-0.25, -0.2) is 4.79 Å². The van der Waals surface area contributed by atoms with Crippen molar-refractivity contribution in [2.45, 2.75) is 62.7 Å². The molecule has 0 saturated carbocycles. The highest BCUT2D eigenvalue weighted by Gasteiger charge is 2.78. The molecule has 0 aromatic rings. The van der Waals surface area contributed by atoms with Crippen molar-refractivity contribution in [3.05, 3.63) is 0 Å². The Labute approximate surface area is 161 Å². The fraction of sp³-hybridized carbons (Fsp3) is 0.875. The number of halogens is 1. The van der Waals surface area contributed by atoms with Crippen LogP contribution in [0.3, 0.4) is 0 Å². The number of hydrogen-bond acceptors (Lipinski definition) is 9. The lowest BCUT2D eigenvalue weighted by molar-refractivity contribution is -0.391. The summed E-state index contributed by atoms with van der Waals surface area (Å²) >= 11 is 5.60. The van der Waals surface area contributed by atoms with Crippen LogP contribution >= 0.6 is 11.8 Å². The van der Waals surface area contributed by atoms with Crippen molar-refractivity contribution in [1.82, 2.24) is 4.42 Å². The maximum Gasteiger partial charge on any atom is 0.432 e. The number of rotatable bonds is 3. The van der Waals surface area contributed by atoms with Gasteiger partial charge in [-0.05, 0) is 20.8 Å². The van der Waals surface area contributed by atoms with Crippen LogP contribution in [0.1, 0.15) is 27.7 Å². The molecule has 3 aliphatic heterocycles. The van der Waals surface area contributed by atoms with E-state index in [-0.39, 0.29) is 19.8 Å². The molecule has 0 radical (unpaired) electrons. The molecule has 5 atom stereocenters. The minimum atomic E-state index is -1.88. The van der Waals surface area contributed by atoms with E-state index in [0.717, 1.165) is 6.92 Å². The van der Waals surface area contributed by atoms with Crippen LogP contribution < -0.4 is 0 Å². The van der Waals surface area contributed by atoms with Crippen molar-refractivity contribution >= 4 is 23.8 Å². The third-order valence-corrected chi connectivity index (χ3v) is 5.53. The van der Waals surface area contributed by atoms with Gasteiger partial charge in [0, 0.05) is 25.8 Å². The average Bonchev–Trinajstić information content (AvgIpc) is 3.26. The molecule has 1 unspecified atom stereocenters. The predicted molar refractivity (Wildman–Crippen MR) is 88.5 cm³/mol. The molecule has 0 bridgehead atoms. The number of epoxide rings is 1. The van der Waals surface area contributed by atoms with Gasteiger partial charge in [-0.2, -0.15) is 4.42 Å². The van der Waals surface area contributed by atoms with E-state index < -0.39 is 47.0 Å². The SMILES string of the molecule is CO[C@@H]1[C@H](OC(=O)N(Cl)C(C)=O)CO[C@]2(COC(C)(C)O2)[C@@]1(O)C1(C)CO1. The quantitative estimate of drug-likeness (QED) is 0.526. The molecule has 3 aliphatic rings. The number of aliphatic hydroxyl groups is 1. The standard InChI is InChI=1S/C16H24ClNO9/c1-9(19)18(17)12(20)26-10-6-23-15(8-24-13(2,3)27-15)16(21,11(10)22-5)14(4)7-25-14/h10-11,21H,6-8H2,1-5H3/t10-,11-,14?,15+,16+/m1/s1. The molecule has 1 spiro atoms. The molecule has 2 amide bonds. The molecule has 0 aromatic heterocycles. The number of amides is 2. The molecule has 3 rings (SSSR count). The summed E-state index contributed by atoms with van der Waals surface area (Å²) in [5.41, 5.74) is -2.96. The van der Waals surface area contributed by atoms with Gasteiger partial charge in [0.05, 0.1) is 13.2 Å². The Kier molecular flexibility index (Phi) is 5.00. The molecule has 3 fully saturated rings. The van der Waals surface area contributed by atoms with Gasteiger partial charge in [0.25, 0.3) is 0 Å². The Bertz CT molecular complexity index is 639. The Morgan fingerprint density at radius 2 is 1.81 bits per heavy atom. The Morgan fingerprint density at radius 3 is 2.26 bits per heavy atom. The summed E-state index contributed by atoms with van der Waals surface area (Å²) in [5, 5.41) is 11.8. The second-order valence-electron chi connectivity index (χ2n) is 7.52. The second kappa shape index (κ2) is 6.51. The van der Waals surface area contributed by atoms with E-state index in [1.54, 1.807) is 20.8 Å². The fourth-order valence-electron chi connectivity index (χ4n) is 3.64. The second-order valence-corrected chi connectivity index (χ2v) is 7.86. The summed E-state index contributed by atoms with van der Waals surface area (Å²) in [6, 6.07) is 0. The van der Waals surface area contributed by atoms with Gasteiger partial charge in [-0.3, -0.25) is 4.79 Å². The monoisotopic (exact) mass is 409 g/mol. The third-order valence-electron chi connectivity index (χ3n) is 5.16. The van der Waals surface area contributed by atoms with Crippen LogP contribution in [0.2, 0.25) is 0 Å². The molecule has 3 saturated heterocycles. The summed E-state index contributed by atoms with van der Waals surface area (Å²) in [7, 11) is 1.35. The van der Waals surface area contributed by atoms with Crippen molar-refractivity contribution < 1.29 is 43.1 Å². The van der Waals surface area contributed by atoms with Crippen LogP contribution in [0.25, 0.3) is 0 Å². The number of methoxy groups -OCH3 is 1. The number of carbonyl (C=O) groups is 2. The number of ether oxygens (including phenoxy) is 6. The molecule has 0 aliphatic carbocycles. The highest BCUT2D eigenvalue weighted by Crippen LogP contribution is 2.55. The zero-order valence-corrected chi connectivity index (χ0v) is 16.6. The van der Waals surface area contributed by atoms with E-state index in [0.29, 0.717) is 4.42 Å². The largest absolute Gasteiger partial charge is 0.440 e. The van der Waals surface area contributed by atoms with E-state index in [1.165, 1.54) is 7.11 Å². The Hall–Kier alpha value is -1.01. The third kappa shape index (κ3) is 3.13. The van der Waals surface area contributed by atoms with Crippen molar-refractivity contribution in [1.29, 1.82) is 0 Å². The highest BCUT2D eigenvalue weighted by molar-refractivity contribution is 6.28. The summed E-state index contributed by atoms with van der Waals surface area (Å²) in [4.78, 5) is 23.4. The number of nitrogens with zero attached hydrogens (tertiary/aromatic N) is 1. The lowest BCUT2D eigenvalue weighted by atomic mass is 9.73. The van der Waals surface area contributed by atoms with Crippen LogP contribution in [-0.2, 0) is 33.2 Å². The minimum absolute atomic E-state index is 0.0783.